The van der Waals surface area contributed by atoms with Crippen molar-refractivity contribution in [2.24, 2.45) is 5.41 Å². The Bertz CT molecular complexity index is 1030. The third kappa shape index (κ3) is 4.49. The van der Waals surface area contributed by atoms with E-state index in [4.69, 9.17) is 0 Å². The summed E-state index contributed by atoms with van der Waals surface area (Å²) in [6.45, 7) is 8.44. The van der Waals surface area contributed by atoms with Crippen LogP contribution in [0.1, 0.15) is 38.2 Å². The van der Waals surface area contributed by atoms with Crippen molar-refractivity contribution in [3.63, 3.8) is 0 Å². The molecule has 3 aliphatic rings. The van der Waals surface area contributed by atoms with Gasteiger partial charge in [-0.05, 0) is 49.9 Å². The maximum absolute atomic E-state index is 13.0. The van der Waals surface area contributed by atoms with Gasteiger partial charge >= 0.3 is 6.03 Å². The van der Waals surface area contributed by atoms with Crippen molar-refractivity contribution < 1.29 is 9.59 Å². The molecule has 2 amide bonds. The van der Waals surface area contributed by atoms with Crippen molar-refractivity contribution in [1.29, 1.82) is 0 Å². The molecule has 1 aromatic carbocycles. The summed E-state index contributed by atoms with van der Waals surface area (Å²) in [5.41, 5.74) is 3.54. The van der Waals surface area contributed by atoms with E-state index in [1.54, 1.807) is 19.4 Å². The topological polar surface area (TPSA) is 64.9 Å². The highest BCUT2D eigenvalue weighted by Crippen LogP contribution is 2.40. The summed E-state index contributed by atoms with van der Waals surface area (Å²) >= 11 is 0. The van der Waals surface area contributed by atoms with Crippen LogP contribution in [-0.4, -0.2) is 77.8 Å². The van der Waals surface area contributed by atoms with Crippen LogP contribution in [0.15, 0.2) is 36.7 Å². The Morgan fingerprint density at radius 3 is 2.67 bits per heavy atom. The van der Waals surface area contributed by atoms with Crippen molar-refractivity contribution in [3.8, 4) is 0 Å². The number of hydrogen-bond acceptors (Lipinski definition) is 5. The zero-order valence-corrected chi connectivity index (χ0v) is 19.7. The van der Waals surface area contributed by atoms with Crippen LogP contribution in [0.4, 0.5) is 16.2 Å². The van der Waals surface area contributed by atoms with E-state index in [1.807, 2.05) is 4.90 Å². The molecular formula is C25H34N6O2. The molecule has 0 radical (unpaired) electrons. The van der Waals surface area contributed by atoms with Gasteiger partial charge in [-0.3, -0.25) is 9.69 Å². The quantitative estimate of drug-likeness (QED) is 0.717. The molecule has 5 rings (SSSR count). The number of carbonyl (C=O) groups excluding carboxylic acids is 2. The van der Waals surface area contributed by atoms with Crippen molar-refractivity contribution in [3.05, 3.63) is 42.2 Å². The summed E-state index contributed by atoms with van der Waals surface area (Å²) in [7, 11) is 1.69. The number of nitrogens with zero attached hydrogens (tertiary/aromatic N) is 6. The Labute approximate surface area is 195 Å². The molecule has 1 atom stereocenters. The predicted molar refractivity (Wildman–Crippen MR) is 129 cm³/mol. The van der Waals surface area contributed by atoms with Gasteiger partial charge in [0.15, 0.2) is 0 Å². The summed E-state index contributed by atoms with van der Waals surface area (Å²) in [5.74, 6) is -0.0841. The first-order valence-electron chi connectivity index (χ1n) is 12.1. The minimum atomic E-state index is -0.105. The van der Waals surface area contributed by atoms with Gasteiger partial charge in [0.05, 0.1) is 18.1 Å². The van der Waals surface area contributed by atoms with Gasteiger partial charge in [-0.15, -0.1) is 0 Å². The monoisotopic (exact) mass is 450 g/mol. The van der Waals surface area contributed by atoms with Gasteiger partial charge in [-0.2, -0.15) is 9.78 Å². The molecule has 8 nitrogen and oxygen atoms in total. The smallest absolute Gasteiger partial charge is 0.344 e. The number of benzene rings is 1. The zero-order chi connectivity index (χ0) is 23.0. The molecule has 176 valence electrons. The number of rotatable bonds is 4. The predicted octanol–water partition coefficient (Wildman–Crippen LogP) is 3.03. The highest BCUT2D eigenvalue weighted by Gasteiger charge is 2.45. The van der Waals surface area contributed by atoms with Gasteiger partial charge in [0, 0.05) is 64.3 Å². The zero-order valence-electron chi connectivity index (χ0n) is 19.7. The van der Waals surface area contributed by atoms with Gasteiger partial charge in [-0.25, -0.2) is 4.79 Å². The lowest BCUT2D eigenvalue weighted by atomic mass is 9.86. The molecule has 3 saturated heterocycles. The molecule has 0 aliphatic carbocycles. The summed E-state index contributed by atoms with van der Waals surface area (Å²) < 4.78 is 1.37. The van der Waals surface area contributed by atoms with Crippen molar-refractivity contribution in [2.75, 3.05) is 56.1 Å². The first kappa shape index (κ1) is 21.9. The third-order valence-corrected chi connectivity index (χ3v) is 7.64. The van der Waals surface area contributed by atoms with Crippen LogP contribution in [0.25, 0.3) is 0 Å². The molecule has 1 aromatic heterocycles. The van der Waals surface area contributed by atoms with E-state index in [9.17, 15) is 9.59 Å². The molecule has 8 heteroatoms. The number of hydrogen-bond donors (Lipinski definition) is 0. The number of anilines is 2. The Balaban J connectivity index is 1.19. The molecule has 3 fully saturated rings. The van der Waals surface area contributed by atoms with E-state index < -0.39 is 0 Å². The second kappa shape index (κ2) is 8.82. The Kier molecular flexibility index (Phi) is 5.86. The summed E-state index contributed by atoms with van der Waals surface area (Å²) in [4.78, 5) is 33.1. The van der Waals surface area contributed by atoms with Crippen LogP contribution in [0, 0.1) is 5.41 Å². The average molecular weight is 451 g/mol. The first-order valence-corrected chi connectivity index (χ1v) is 12.1. The lowest BCUT2D eigenvalue weighted by Crippen LogP contribution is -2.36. The molecule has 1 spiro atoms. The molecule has 3 aliphatic heterocycles. The third-order valence-electron chi connectivity index (χ3n) is 7.64. The lowest BCUT2D eigenvalue weighted by molar-refractivity contribution is -0.116. The maximum Gasteiger partial charge on any atom is 0.344 e. The van der Waals surface area contributed by atoms with E-state index in [1.165, 1.54) is 53.7 Å². The average Bonchev–Trinajstić information content (AvgIpc) is 3.61. The molecular weight excluding hydrogens is 416 g/mol. The molecule has 0 N–H and O–H groups in total. The van der Waals surface area contributed by atoms with Crippen LogP contribution >= 0.6 is 0 Å². The number of amides is 2. The summed E-state index contributed by atoms with van der Waals surface area (Å²) in [6.07, 6.45) is 7.95. The van der Waals surface area contributed by atoms with E-state index >= 15 is 0 Å². The minimum absolute atomic E-state index is 0.0841. The second-order valence-electron chi connectivity index (χ2n) is 10.00. The summed E-state index contributed by atoms with van der Waals surface area (Å²) in [6, 6.07) is 8.91. The standard InChI is InChI=1S/C25H34N6O2/c1-20(32)27(2)23-15-26-31(17-23)24(33)30-13-9-25(19-30)8-12-28(18-25)16-21-6-5-7-22(14-21)29-10-3-4-11-29/h5-7,14-15,17H,3-4,8-13,16,18-19H2,1-2H3. The number of likely N-dealkylation sites (tertiary alicyclic amines) is 2. The molecule has 33 heavy (non-hydrogen) atoms. The van der Waals surface area contributed by atoms with E-state index in [0.717, 1.165) is 45.6 Å². The minimum Gasteiger partial charge on any atom is -0.372 e. The maximum atomic E-state index is 13.0. The normalized spacial score (nSPS) is 23.1. The first-order chi connectivity index (χ1) is 15.9. The molecule has 0 bridgehead atoms. The molecule has 0 saturated carbocycles. The van der Waals surface area contributed by atoms with E-state index in [0.29, 0.717) is 5.69 Å². The number of carbonyl (C=O) groups is 2. The highest BCUT2D eigenvalue weighted by atomic mass is 16.2. The van der Waals surface area contributed by atoms with Gasteiger partial charge in [0.2, 0.25) is 5.91 Å². The van der Waals surface area contributed by atoms with Crippen LogP contribution in [0.5, 0.6) is 0 Å². The van der Waals surface area contributed by atoms with Crippen molar-refractivity contribution in [2.45, 2.75) is 39.2 Å². The van der Waals surface area contributed by atoms with Crippen molar-refractivity contribution in [1.82, 2.24) is 19.6 Å². The van der Waals surface area contributed by atoms with E-state index in [-0.39, 0.29) is 17.4 Å². The SMILES string of the molecule is CC(=O)N(C)c1cnn(C(=O)N2CCC3(CCN(Cc4cccc(N5CCCC5)c4)C3)C2)c1. The fraction of sp³-hybridized carbons (Fsp3) is 0.560. The van der Waals surface area contributed by atoms with Gasteiger partial charge in [0.1, 0.15) is 0 Å². The van der Waals surface area contributed by atoms with Gasteiger partial charge in [-0.1, -0.05) is 12.1 Å². The largest absolute Gasteiger partial charge is 0.372 e. The Hall–Kier alpha value is -2.87. The Morgan fingerprint density at radius 1 is 1.09 bits per heavy atom. The molecule has 4 heterocycles. The van der Waals surface area contributed by atoms with Crippen LogP contribution in [-0.2, 0) is 11.3 Å². The van der Waals surface area contributed by atoms with E-state index in [2.05, 4.69) is 39.2 Å². The fourth-order valence-corrected chi connectivity index (χ4v) is 5.60. The highest BCUT2D eigenvalue weighted by molar-refractivity contribution is 5.91. The van der Waals surface area contributed by atoms with Crippen LogP contribution in [0.3, 0.4) is 0 Å². The molecule has 2 aromatic rings. The van der Waals surface area contributed by atoms with Gasteiger partial charge < -0.3 is 14.7 Å². The Morgan fingerprint density at radius 2 is 1.88 bits per heavy atom. The van der Waals surface area contributed by atoms with Crippen molar-refractivity contribution >= 4 is 23.3 Å². The fourth-order valence-electron chi connectivity index (χ4n) is 5.60. The second-order valence-corrected chi connectivity index (χ2v) is 10.00. The van der Waals surface area contributed by atoms with Crippen LogP contribution < -0.4 is 9.80 Å². The molecule has 1 unspecified atom stereocenters. The lowest BCUT2D eigenvalue weighted by Gasteiger charge is -2.25. The van der Waals surface area contributed by atoms with Gasteiger partial charge in [0.25, 0.3) is 0 Å². The number of aromatic nitrogens is 2. The van der Waals surface area contributed by atoms with Crippen LogP contribution in [0.2, 0.25) is 0 Å². The summed E-state index contributed by atoms with van der Waals surface area (Å²) in [5, 5.41) is 4.21.